The van der Waals surface area contributed by atoms with E-state index in [1.165, 1.54) is 32.3 Å². The van der Waals surface area contributed by atoms with Gasteiger partial charge in [0.15, 0.2) is 0 Å². The number of thioether (sulfide) groups is 1. The Morgan fingerprint density at radius 3 is 2.85 bits per heavy atom. The van der Waals surface area contributed by atoms with Crippen LogP contribution in [0.2, 0.25) is 0 Å². The molecule has 1 fully saturated rings. The number of rotatable bonds is 6. The topological polar surface area (TPSA) is 82.1 Å². The first-order valence-electron chi connectivity index (χ1n) is 10.9. The highest BCUT2D eigenvalue weighted by atomic mass is 32.2. The van der Waals surface area contributed by atoms with Gasteiger partial charge >= 0.3 is 0 Å². The van der Waals surface area contributed by atoms with Crippen molar-refractivity contribution in [2.75, 3.05) is 36.3 Å². The zero-order valence-corrected chi connectivity index (χ0v) is 20.9. The highest BCUT2D eigenvalue weighted by Gasteiger charge is 2.41. The summed E-state index contributed by atoms with van der Waals surface area (Å²) in [5, 5.41) is 5.94. The quantitative estimate of drug-likeness (QED) is 0.621. The number of nitrogens with one attached hydrogen (secondary N) is 1. The van der Waals surface area contributed by atoms with Crippen LogP contribution < -0.4 is 9.62 Å². The largest absolute Gasteiger partial charge is 0.374 e. The molecule has 2 unspecified atom stereocenters. The Morgan fingerprint density at radius 2 is 2.15 bits per heavy atom. The van der Waals surface area contributed by atoms with Gasteiger partial charge in [0.05, 0.1) is 35.5 Å². The second-order valence-electron chi connectivity index (χ2n) is 8.66. The van der Waals surface area contributed by atoms with E-state index in [1.54, 1.807) is 30.6 Å². The molecule has 2 atom stereocenters. The number of benzene rings is 1. The molecule has 7 nitrogen and oxygen atoms in total. The van der Waals surface area contributed by atoms with Crippen molar-refractivity contribution < 1.29 is 22.0 Å². The van der Waals surface area contributed by atoms with Gasteiger partial charge in [-0.1, -0.05) is 18.2 Å². The summed E-state index contributed by atoms with van der Waals surface area (Å²) in [5.74, 6) is -3.04. The lowest BCUT2D eigenvalue weighted by molar-refractivity contribution is -0.131. The van der Waals surface area contributed by atoms with Gasteiger partial charge in [-0.15, -0.1) is 23.1 Å². The lowest BCUT2D eigenvalue weighted by Gasteiger charge is -2.22. The first kappa shape index (κ1) is 23.6. The number of likely N-dealkylation sites (tertiary alicyclic amines) is 1. The SMILES string of the molecule is CN(c1cccc2c1NC(C1=NCC(CC(=O)N3CCC(F)(F)C3)S1)C2)S(=O)(=O)c1cccs1. The van der Waals surface area contributed by atoms with Crippen molar-refractivity contribution in [1.82, 2.24) is 4.90 Å². The third kappa shape index (κ3) is 4.42. The number of hydrogen-bond acceptors (Lipinski definition) is 7. The normalized spacial score (nSPS) is 23.5. The van der Waals surface area contributed by atoms with E-state index < -0.39 is 22.5 Å². The van der Waals surface area contributed by atoms with Crippen LogP contribution in [0.5, 0.6) is 0 Å². The highest BCUT2D eigenvalue weighted by Crippen LogP contribution is 2.40. The van der Waals surface area contributed by atoms with Gasteiger partial charge in [0.25, 0.3) is 15.9 Å². The number of carbonyl (C=O) groups is 1. The second-order valence-corrected chi connectivity index (χ2v) is 13.1. The molecule has 12 heteroatoms. The van der Waals surface area contributed by atoms with E-state index in [4.69, 9.17) is 0 Å². The number of halogens is 2. The Balaban J connectivity index is 1.24. The Labute approximate surface area is 205 Å². The van der Waals surface area contributed by atoms with Crippen molar-refractivity contribution in [2.45, 2.75) is 40.7 Å². The van der Waals surface area contributed by atoms with Gasteiger partial charge in [-0.05, 0) is 23.1 Å². The molecule has 1 aromatic heterocycles. The van der Waals surface area contributed by atoms with E-state index >= 15 is 0 Å². The van der Waals surface area contributed by atoms with Gasteiger partial charge in [-0.2, -0.15) is 0 Å². The lowest BCUT2D eigenvalue weighted by Crippen LogP contribution is -2.33. The van der Waals surface area contributed by atoms with E-state index in [1.807, 2.05) is 12.1 Å². The number of anilines is 2. The third-order valence-electron chi connectivity index (χ3n) is 6.28. The summed E-state index contributed by atoms with van der Waals surface area (Å²) in [7, 11) is -2.12. The van der Waals surface area contributed by atoms with E-state index in [2.05, 4.69) is 10.3 Å². The molecule has 4 heterocycles. The molecule has 1 aromatic carbocycles. The van der Waals surface area contributed by atoms with Gasteiger partial charge in [0.1, 0.15) is 4.21 Å². The molecule has 5 rings (SSSR count). The average molecular weight is 527 g/mol. The molecule has 0 radical (unpaired) electrons. The molecule has 1 saturated heterocycles. The maximum Gasteiger partial charge on any atom is 0.273 e. The minimum atomic E-state index is -3.66. The summed E-state index contributed by atoms with van der Waals surface area (Å²) >= 11 is 2.68. The van der Waals surface area contributed by atoms with E-state index in [0.29, 0.717) is 18.7 Å². The van der Waals surface area contributed by atoms with Crippen LogP contribution in [0, 0.1) is 0 Å². The molecular formula is C22H24F2N4O3S3. The fourth-order valence-corrected chi connectivity index (χ4v) is 8.00. The van der Waals surface area contributed by atoms with Gasteiger partial charge in [-0.3, -0.25) is 14.1 Å². The van der Waals surface area contributed by atoms with Gasteiger partial charge < -0.3 is 10.2 Å². The number of para-hydroxylation sites is 1. The molecule has 34 heavy (non-hydrogen) atoms. The number of amides is 1. The number of sulfonamides is 1. The Morgan fingerprint density at radius 1 is 1.32 bits per heavy atom. The monoisotopic (exact) mass is 526 g/mol. The maximum atomic E-state index is 13.4. The average Bonchev–Trinajstić information content (AvgIpc) is 3.57. The summed E-state index contributed by atoms with van der Waals surface area (Å²) in [6, 6.07) is 8.76. The van der Waals surface area contributed by atoms with Crippen LogP contribution >= 0.6 is 23.1 Å². The second kappa shape index (κ2) is 8.80. The van der Waals surface area contributed by atoms with Gasteiger partial charge in [0.2, 0.25) is 5.91 Å². The lowest BCUT2D eigenvalue weighted by atomic mass is 10.1. The fraction of sp³-hybridized carbons (Fsp3) is 0.455. The van der Waals surface area contributed by atoms with Crippen molar-refractivity contribution in [3.63, 3.8) is 0 Å². The molecule has 1 amide bonds. The number of fused-ring (bicyclic) bond motifs is 1. The highest BCUT2D eigenvalue weighted by molar-refractivity contribution is 8.15. The molecule has 182 valence electrons. The van der Waals surface area contributed by atoms with Crippen LogP contribution in [0.3, 0.4) is 0 Å². The van der Waals surface area contributed by atoms with Crippen LogP contribution in [0.25, 0.3) is 0 Å². The number of carbonyl (C=O) groups excluding carboxylic acids is 1. The minimum Gasteiger partial charge on any atom is -0.374 e. The summed E-state index contributed by atoms with van der Waals surface area (Å²) in [5.41, 5.74) is 2.33. The van der Waals surface area contributed by atoms with Gasteiger partial charge in [0, 0.05) is 38.1 Å². The molecule has 1 N–H and O–H groups in total. The third-order valence-corrected chi connectivity index (χ3v) is 10.7. The van der Waals surface area contributed by atoms with Crippen molar-refractivity contribution in [1.29, 1.82) is 0 Å². The minimum absolute atomic E-state index is 0.0800. The van der Waals surface area contributed by atoms with Crippen molar-refractivity contribution in [3.8, 4) is 0 Å². The van der Waals surface area contributed by atoms with Gasteiger partial charge in [-0.25, -0.2) is 17.2 Å². The number of aliphatic imine (C=N–C) groups is 1. The van der Waals surface area contributed by atoms with E-state index in [0.717, 1.165) is 16.3 Å². The molecule has 3 aliphatic rings. The van der Waals surface area contributed by atoms with Crippen LogP contribution in [0.4, 0.5) is 20.2 Å². The van der Waals surface area contributed by atoms with Crippen LogP contribution in [0.1, 0.15) is 18.4 Å². The maximum absolute atomic E-state index is 13.4. The number of hydrogen-bond donors (Lipinski definition) is 1. The van der Waals surface area contributed by atoms with E-state index in [-0.39, 0.29) is 40.8 Å². The smallest absolute Gasteiger partial charge is 0.273 e. The van der Waals surface area contributed by atoms with Crippen molar-refractivity contribution >= 4 is 55.4 Å². The Bertz CT molecular complexity index is 1230. The van der Waals surface area contributed by atoms with Crippen molar-refractivity contribution in [2.24, 2.45) is 4.99 Å². The predicted octanol–water partition coefficient (Wildman–Crippen LogP) is 3.68. The van der Waals surface area contributed by atoms with E-state index in [9.17, 15) is 22.0 Å². The number of alkyl halides is 2. The predicted molar refractivity (Wildman–Crippen MR) is 132 cm³/mol. The fourth-order valence-electron chi connectivity index (χ4n) is 4.46. The molecular weight excluding hydrogens is 502 g/mol. The summed E-state index contributed by atoms with van der Waals surface area (Å²) < 4.78 is 54.5. The molecule has 0 aliphatic carbocycles. The van der Waals surface area contributed by atoms with Crippen LogP contribution in [0.15, 0.2) is 44.9 Å². The van der Waals surface area contributed by atoms with Crippen LogP contribution in [-0.2, 0) is 21.2 Å². The first-order chi connectivity index (χ1) is 16.1. The number of nitrogens with zero attached hydrogens (tertiary/aromatic N) is 3. The molecule has 3 aliphatic heterocycles. The Hall–Kier alpha value is -2.18. The standard InChI is InChI=1S/C22H24F2N4O3S3/c1-27(34(30,31)19-6-3-9-32-19)17-5-2-4-14-10-16(26-20(14)17)21-25-12-15(33-21)11-18(29)28-8-7-22(23,24)13-28/h2-6,9,15-16,26H,7-8,10-13H2,1H3. The first-order valence-corrected chi connectivity index (χ1v) is 14.1. The van der Waals surface area contributed by atoms with Crippen molar-refractivity contribution in [3.05, 3.63) is 41.3 Å². The Kier molecular flexibility index (Phi) is 6.09. The summed E-state index contributed by atoms with van der Waals surface area (Å²) in [6.45, 7) is 0.0617. The molecule has 2 aromatic rings. The molecule has 0 spiro atoms. The summed E-state index contributed by atoms with van der Waals surface area (Å²) in [4.78, 5) is 18.3. The zero-order valence-electron chi connectivity index (χ0n) is 18.4. The zero-order chi connectivity index (χ0) is 24.1. The summed E-state index contributed by atoms with van der Waals surface area (Å²) in [6.07, 6.45) is 0.558. The van der Waals surface area contributed by atoms with Crippen LogP contribution in [-0.4, -0.2) is 68.2 Å². The molecule has 0 saturated carbocycles. The molecule has 0 bridgehead atoms. The number of thiophene rings is 1.